The topological polar surface area (TPSA) is 72.3 Å². The summed E-state index contributed by atoms with van der Waals surface area (Å²) in [5, 5.41) is 0. The Kier molecular flexibility index (Phi) is 4.97. The van der Waals surface area contributed by atoms with Crippen LogP contribution in [0.4, 0.5) is 5.69 Å². The molecular weight excluding hydrogens is 214 g/mol. The van der Waals surface area contributed by atoms with Gasteiger partial charge >= 0.3 is 0 Å². The van der Waals surface area contributed by atoms with Gasteiger partial charge in [-0.1, -0.05) is 26.0 Å². The highest BCUT2D eigenvalue weighted by Gasteiger charge is 2.11. The van der Waals surface area contributed by atoms with Gasteiger partial charge in [-0.25, -0.2) is 0 Å². The maximum absolute atomic E-state index is 11.1. The Bertz CT molecular complexity index is 377. The van der Waals surface area contributed by atoms with Gasteiger partial charge in [-0.05, 0) is 23.6 Å². The van der Waals surface area contributed by atoms with Gasteiger partial charge in [0.25, 0.3) is 0 Å². The van der Waals surface area contributed by atoms with Crippen LogP contribution in [0.5, 0.6) is 0 Å². The lowest BCUT2D eigenvalue weighted by Crippen LogP contribution is -2.36. The van der Waals surface area contributed by atoms with E-state index in [-0.39, 0.29) is 12.5 Å². The van der Waals surface area contributed by atoms with Crippen LogP contribution in [-0.2, 0) is 11.3 Å². The van der Waals surface area contributed by atoms with E-state index in [2.05, 4.69) is 13.8 Å². The van der Waals surface area contributed by atoms with Gasteiger partial charge < -0.3 is 16.4 Å². The molecule has 0 fully saturated rings. The minimum Gasteiger partial charge on any atom is -0.368 e. The Morgan fingerprint density at radius 1 is 1.41 bits per heavy atom. The summed E-state index contributed by atoms with van der Waals surface area (Å²) in [6, 6.07) is 7.91. The molecule has 0 aliphatic carbocycles. The fourth-order valence-electron chi connectivity index (χ4n) is 1.77. The predicted octanol–water partition coefficient (Wildman–Crippen LogP) is 1.09. The molecule has 0 heterocycles. The first-order valence-electron chi connectivity index (χ1n) is 5.85. The smallest absolute Gasteiger partial charge is 0.236 e. The molecule has 0 bridgehead atoms. The van der Waals surface area contributed by atoms with Crippen molar-refractivity contribution in [2.24, 2.45) is 17.4 Å². The molecule has 0 atom stereocenters. The van der Waals surface area contributed by atoms with E-state index < -0.39 is 0 Å². The monoisotopic (exact) mass is 235 g/mol. The largest absolute Gasteiger partial charge is 0.368 e. The zero-order valence-corrected chi connectivity index (χ0v) is 10.5. The summed E-state index contributed by atoms with van der Waals surface area (Å²) in [4.78, 5) is 13.1. The molecule has 0 aromatic heterocycles. The van der Waals surface area contributed by atoms with Gasteiger partial charge in [0, 0.05) is 18.8 Å². The molecular formula is C13H21N3O. The number of hydrogen-bond donors (Lipinski definition) is 2. The van der Waals surface area contributed by atoms with Gasteiger partial charge in [-0.15, -0.1) is 0 Å². The number of nitrogens with two attached hydrogens (primary N) is 2. The molecule has 1 aromatic rings. The number of rotatable bonds is 6. The second-order valence-corrected chi connectivity index (χ2v) is 4.61. The fraction of sp³-hybridized carbons (Fsp3) is 0.462. The van der Waals surface area contributed by atoms with Crippen LogP contribution >= 0.6 is 0 Å². The number of amides is 1. The van der Waals surface area contributed by atoms with Crippen molar-refractivity contribution in [1.29, 1.82) is 0 Å². The summed E-state index contributed by atoms with van der Waals surface area (Å²) in [5.41, 5.74) is 12.9. The van der Waals surface area contributed by atoms with E-state index in [4.69, 9.17) is 11.5 Å². The summed E-state index contributed by atoms with van der Waals surface area (Å²) < 4.78 is 0. The minimum atomic E-state index is -0.316. The Labute approximate surface area is 103 Å². The lowest BCUT2D eigenvalue weighted by molar-refractivity contribution is -0.116. The molecule has 1 aromatic carbocycles. The number of benzene rings is 1. The molecule has 4 heteroatoms. The number of carbonyl (C=O) groups is 1. The van der Waals surface area contributed by atoms with Gasteiger partial charge in [0.1, 0.15) is 0 Å². The van der Waals surface area contributed by atoms with Gasteiger partial charge in [0.15, 0.2) is 0 Å². The third kappa shape index (κ3) is 4.44. The summed E-state index contributed by atoms with van der Waals surface area (Å²) in [6.45, 7) is 5.77. The van der Waals surface area contributed by atoms with Crippen LogP contribution in [0, 0.1) is 5.92 Å². The maximum atomic E-state index is 11.1. The van der Waals surface area contributed by atoms with Crippen molar-refractivity contribution in [2.45, 2.75) is 20.4 Å². The molecule has 0 unspecified atom stereocenters. The number of anilines is 1. The Balaban J connectivity index is 2.90. The van der Waals surface area contributed by atoms with Gasteiger partial charge in [-0.3, -0.25) is 4.79 Å². The quantitative estimate of drug-likeness (QED) is 0.775. The first-order valence-corrected chi connectivity index (χ1v) is 5.85. The van der Waals surface area contributed by atoms with Crippen molar-refractivity contribution in [3.05, 3.63) is 29.8 Å². The molecule has 94 valence electrons. The molecule has 4 nitrogen and oxygen atoms in total. The molecule has 0 spiro atoms. The lowest BCUT2D eigenvalue weighted by atomic mass is 10.1. The highest BCUT2D eigenvalue weighted by atomic mass is 16.1. The van der Waals surface area contributed by atoms with Crippen molar-refractivity contribution >= 4 is 11.6 Å². The van der Waals surface area contributed by atoms with Crippen LogP contribution in [0.25, 0.3) is 0 Å². The van der Waals surface area contributed by atoms with Crippen molar-refractivity contribution < 1.29 is 4.79 Å². The number of nitrogens with zero attached hydrogens (tertiary/aromatic N) is 1. The van der Waals surface area contributed by atoms with Crippen molar-refractivity contribution in [3.63, 3.8) is 0 Å². The van der Waals surface area contributed by atoms with Crippen molar-refractivity contribution in [1.82, 2.24) is 0 Å². The van der Waals surface area contributed by atoms with Crippen LogP contribution in [0.2, 0.25) is 0 Å². The maximum Gasteiger partial charge on any atom is 0.236 e. The summed E-state index contributed by atoms with van der Waals surface area (Å²) in [5.74, 6) is 0.152. The SMILES string of the molecule is CC(C)CN(CC(N)=O)c1cccc(CN)c1. The van der Waals surface area contributed by atoms with Crippen LogP contribution in [0.15, 0.2) is 24.3 Å². The molecule has 1 amide bonds. The van der Waals surface area contributed by atoms with Gasteiger partial charge in [0.05, 0.1) is 6.54 Å². The van der Waals surface area contributed by atoms with E-state index in [1.54, 1.807) is 0 Å². The molecule has 0 radical (unpaired) electrons. The van der Waals surface area contributed by atoms with Crippen molar-refractivity contribution in [3.8, 4) is 0 Å². The van der Waals surface area contributed by atoms with Gasteiger partial charge in [-0.2, -0.15) is 0 Å². The van der Waals surface area contributed by atoms with E-state index in [1.807, 2.05) is 29.2 Å². The molecule has 0 aliphatic heterocycles. The standard InChI is InChI=1S/C13H21N3O/c1-10(2)8-16(9-13(15)17)12-5-3-4-11(6-12)7-14/h3-6,10H,7-9,14H2,1-2H3,(H2,15,17). The van der Waals surface area contributed by atoms with E-state index in [0.29, 0.717) is 12.5 Å². The average Bonchev–Trinajstić information content (AvgIpc) is 2.27. The second kappa shape index (κ2) is 6.25. The zero-order chi connectivity index (χ0) is 12.8. The molecule has 0 saturated carbocycles. The van der Waals surface area contributed by atoms with E-state index >= 15 is 0 Å². The second-order valence-electron chi connectivity index (χ2n) is 4.61. The molecule has 4 N–H and O–H groups in total. The Hall–Kier alpha value is -1.55. The molecule has 17 heavy (non-hydrogen) atoms. The molecule has 1 rings (SSSR count). The van der Waals surface area contributed by atoms with Crippen LogP contribution in [0.3, 0.4) is 0 Å². The van der Waals surface area contributed by atoms with E-state index in [9.17, 15) is 4.79 Å². The van der Waals surface area contributed by atoms with Crippen molar-refractivity contribution in [2.75, 3.05) is 18.0 Å². The summed E-state index contributed by atoms with van der Waals surface area (Å²) in [7, 11) is 0. The third-order valence-corrected chi connectivity index (χ3v) is 2.44. The van der Waals surface area contributed by atoms with Crippen LogP contribution in [-0.4, -0.2) is 19.0 Å². The summed E-state index contributed by atoms with van der Waals surface area (Å²) in [6.07, 6.45) is 0. The number of primary amides is 1. The van der Waals surface area contributed by atoms with Crippen LogP contribution < -0.4 is 16.4 Å². The zero-order valence-electron chi connectivity index (χ0n) is 10.5. The molecule has 0 aliphatic rings. The summed E-state index contributed by atoms with van der Waals surface area (Å²) >= 11 is 0. The first-order chi connectivity index (χ1) is 8.02. The number of hydrogen-bond acceptors (Lipinski definition) is 3. The highest BCUT2D eigenvalue weighted by molar-refractivity contribution is 5.79. The van der Waals surface area contributed by atoms with E-state index in [0.717, 1.165) is 17.8 Å². The Morgan fingerprint density at radius 2 is 2.12 bits per heavy atom. The average molecular weight is 235 g/mol. The highest BCUT2D eigenvalue weighted by Crippen LogP contribution is 2.17. The number of carbonyl (C=O) groups excluding carboxylic acids is 1. The normalized spacial score (nSPS) is 10.6. The van der Waals surface area contributed by atoms with Gasteiger partial charge in [0.2, 0.25) is 5.91 Å². The minimum absolute atomic E-state index is 0.242. The Morgan fingerprint density at radius 3 is 2.65 bits per heavy atom. The lowest BCUT2D eigenvalue weighted by Gasteiger charge is -2.25. The predicted molar refractivity (Wildman–Crippen MR) is 70.6 cm³/mol. The fourth-order valence-corrected chi connectivity index (χ4v) is 1.77. The van der Waals surface area contributed by atoms with E-state index in [1.165, 1.54) is 0 Å². The molecule has 0 saturated heterocycles. The first kappa shape index (κ1) is 13.5. The van der Waals surface area contributed by atoms with Crippen LogP contribution in [0.1, 0.15) is 19.4 Å². The third-order valence-electron chi connectivity index (χ3n) is 2.44.